The van der Waals surface area contributed by atoms with Gasteiger partial charge < -0.3 is 15.0 Å². The number of hydrogen-bond donors (Lipinski definition) is 2. The summed E-state index contributed by atoms with van der Waals surface area (Å²) in [6.07, 6.45) is 4.08. The molecule has 0 radical (unpaired) electrons. The van der Waals surface area contributed by atoms with Crippen molar-refractivity contribution in [1.29, 1.82) is 0 Å². The highest BCUT2D eigenvalue weighted by Gasteiger charge is 2.26. The molecule has 1 fully saturated rings. The van der Waals surface area contributed by atoms with Gasteiger partial charge in [0.25, 0.3) is 5.91 Å². The lowest BCUT2D eigenvalue weighted by molar-refractivity contribution is 0.0697. The summed E-state index contributed by atoms with van der Waals surface area (Å²) in [5, 5.41) is 11.8. The molecule has 0 bridgehead atoms. The minimum atomic E-state index is -1.10. The standard InChI is InChI=1S/C15H13ClN2O3/c16-12-8-9(3-6-11(12)15(20)21)17-14(19)13-2-1-7-18(13)10-4-5-10/h1-3,6-8,10H,4-5H2,(H,17,19)(H,20,21). The Bertz CT molecular complexity index is 719. The van der Waals surface area contributed by atoms with Gasteiger partial charge in [-0.15, -0.1) is 0 Å². The van der Waals surface area contributed by atoms with Crippen LogP contribution in [0.5, 0.6) is 0 Å². The van der Waals surface area contributed by atoms with Crippen LogP contribution in [-0.2, 0) is 0 Å². The number of hydrogen-bond acceptors (Lipinski definition) is 2. The number of nitrogens with zero attached hydrogens (tertiary/aromatic N) is 1. The summed E-state index contributed by atoms with van der Waals surface area (Å²) in [7, 11) is 0. The van der Waals surface area contributed by atoms with Crippen LogP contribution in [-0.4, -0.2) is 21.6 Å². The maximum Gasteiger partial charge on any atom is 0.337 e. The van der Waals surface area contributed by atoms with Crippen LogP contribution >= 0.6 is 11.6 Å². The van der Waals surface area contributed by atoms with E-state index in [2.05, 4.69) is 5.32 Å². The molecule has 1 aliphatic rings. The van der Waals surface area contributed by atoms with Crippen molar-refractivity contribution in [3.05, 3.63) is 52.8 Å². The zero-order valence-corrected chi connectivity index (χ0v) is 11.8. The molecular formula is C15H13ClN2O3. The second-order valence-corrected chi connectivity index (χ2v) is 5.39. The molecule has 0 saturated heterocycles. The van der Waals surface area contributed by atoms with Crippen LogP contribution in [0.2, 0.25) is 5.02 Å². The van der Waals surface area contributed by atoms with Crippen LogP contribution in [0.3, 0.4) is 0 Å². The summed E-state index contributed by atoms with van der Waals surface area (Å²) in [6, 6.07) is 8.36. The van der Waals surface area contributed by atoms with E-state index in [0.29, 0.717) is 17.4 Å². The molecule has 1 saturated carbocycles. The quantitative estimate of drug-likeness (QED) is 0.909. The number of nitrogens with one attached hydrogen (secondary N) is 1. The monoisotopic (exact) mass is 304 g/mol. The predicted octanol–water partition coefficient (Wildman–Crippen LogP) is 3.43. The summed E-state index contributed by atoms with van der Waals surface area (Å²) < 4.78 is 1.96. The van der Waals surface area contributed by atoms with Gasteiger partial charge in [-0.05, 0) is 43.2 Å². The van der Waals surface area contributed by atoms with Gasteiger partial charge in [-0.25, -0.2) is 4.79 Å². The molecule has 0 unspecified atom stereocenters. The van der Waals surface area contributed by atoms with Crippen molar-refractivity contribution >= 4 is 29.2 Å². The Hall–Kier alpha value is -2.27. The van der Waals surface area contributed by atoms with Crippen LogP contribution in [0.25, 0.3) is 0 Å². The van der Waals surface area contributed by atoms with Gasteiger partial charge in [-0.1, -0.05) is 11.6 Å². The number of carboxylic acids is 1. The third-order valence-corrected chi connectivity index (χ3v) is 3.72. The Morgan fingerprint density at radius 2 is 2.05 bits per heavy atom. The number of halogens is 1. The van der Waals surface area contributed by atoms with E-state index < -0.39 is 5.97 Å². The van der Waals surface area contributed by atoms with E-state index in [-0.39, 0.29) is 16.5 Å². The van der Waals surface area contributed by atoms with Crippen molar-refractivity contribution in [2.45, 2.75) is 18.9 Å². The van der Waals surface area contributed by atoms with Crippen molar-refractivity contribution in [2.24, 2.45) is 0 Å². The van der Waals surface area contributed by atoms with Crippen molar-refractivity contribution < 1.29 is 14.7 Å². The van der Waals surface area contributed by atoms with Crippen molar-refractivity contribution in [3.8, 4) is 0 Å². The maximum absolute atomic E-state index is 12.3. The molecule has 1 heterocycles. The maximum atomic E-state index is 12.3. The molecule has 0 atom stereocenters. The van der Waals surface area contributed by atoms with Gasteiger partial charge in [0.2, 0.25) is 0 Å². The summed E-state index contributed by atoms with van der Waals surface area (Å²) in [4.78, 5) is 23.2. The van der Waals surface area contributed by atoms with Gasteiger partial charge in [0, 0.05) is 17.9 Å². The lowest BCUT2D eigenvalue weighted by Gasteiger charge is -2.09. The van der Waals surface area contributed by atoms with E-state index in [4.69, 9.17) is 16.7 Å². The lowest BCUT2D eigenvalue weighted by atomic mass is 10.2. The van der Waals surface area contributed by atoms with Gasteiger partial charge >= 0.3 is 5.97 Å². The number of benzene rings is 1. The highest BCUT2D eigenvalue weighted by molar-refractivity contribution is 6.33. The molecule has 3 rings (SSSR count). The molecule has 1 amide bonds. The molecule has 1 aromatic heterocycles. The van der Waals surface area contributed by atoms with E-state index in [0.717, 1.165) is 12.8 Å². The molecule has 1 aliphatic carbocycles. The van der Waals surface area contributed by atoms with Crippen LogP contribution < -0.4 is 5.32 Å². The van der Waals surface area contributed by atoms with Gasteiger partial charge in [0.05, 0.1) is 10.6 Å². The van der Waals surface area contributed by atoms with Crippen molar-refractivity contribution in [1.82, 2.24) is 4.57 Å². The third-order valence-electron chi connectivity index (χ3n) is 3.41. The molecule has 0 aliphatic heterocycles. The number of anilines is 1. The van der Waals surface area contributed by atoms with Crippen LogP contribution in [0.15, 0.2) is 36.5 Å². The Balaban J connectivity index is 1.80. The van der Waals surface area contributed by atoms with Crippen molar-refractivity contribution in [3.63, 3.8) is 0 Å². The predicted molar refractivity (Wildman–Crippen MR) is 79.1 cm³/mol. The summed E-state index contributed by atoms with van der Waals surface area (Å²) >= 11 is 5.89. The Morgan fingerprint density at radius 1 is 1.29 bits per heavy atom. The molecule has 2 aromatic rings. The van der Waals surface area contributed by atoms with E-state index in [9.17, 15) is 9.59 Å². The third kappa shape index (κ3) is 2.78. The second-order valence-electron chi connectivity index (χ2n) is 4.99. The highest BCUT2D eigenvalue weighted by atomic mass is 35.5. The molecule has 0 spiro atoms. The fourth-order valence-electron chi connectivity index (χ4n) is 2.22. The molecule has 6 heteroatoms. The first kappa shape index (κ1) is 13.7. The fraction of sp³-hybridized carbons (Fsp3) is 0.200. The summed E-state index contributed by atoms with van der Waals surface area (Å²) in [6.45, 7) is 0. The van der Waals surface area contributed by atoms with Crippen LogP contribution in [0.4, 0.5) is 5.69 Å². The SMILES string of the molecule is O=C(O)c1ccc(NC(=O)c2cccn2C2CC2)cc1Cl. The molecule has 5 nitrogen and oxygen atoms in total. The number of carbonyl (C=O) groups is 2. The first-order chi connectivity index (χ1) is 10.1. The zero-order valence-electron chi connectivity index (χ0n) is 11.0. The second kappa shape index (κ2) is 5.26. The summed E-state index contributed by atoms with van der Waals surface area (Å²) in [5.41, 5.74) is 1.07. The summed E-state index contributed by atoms with van der Waals surface area (Å²) in [5.74, 6) is -1.33. The Labute approximate surface area is 126 Å². The number of rotatable bonds is 4. The number of carboxylic acid groups (broad SMARTS) is 1. The van der Waals surface area contributed by atoms with Crippen LogP contribution in [0.1, 0.15) is 39.7 Å². The van der Waals surface area contributed by atoms with E-state index >= 15 is 0 Å². The van der Waals surface area contributed by atoms with Crippen molar-refractivity contribution in [2.75, 3.05) is 5.32 Å². The highest BCUT2D eigenvalue weighted by Crippen LogP contribution is 2.36. The van der Waals surface area contributed by atoms with Gasteiger partial charge in [-0.3, -0.25) is 4.79 Å². The average molecular weight is 305 g/mol. The first-order valence-electron chi connectivity index (χ1n) is 6.57. The van der Waals surface area contributed by atoms with Gasteiger partial charge in [0.1, 0.15) is 5.69 Å². The largest absolute Gasteiger partial charge is 0.478 e. The zero-order chi connectivity index (χ0) is 15.0. The minimum Gasteiger partial charge on any atom is -0.478 e. The van der Waals surface area contributed by atoms with E-state index in [1.165, 1.54) is 18.2 Å². The Morgan fingerprint density at radius 3 is 2.67 bits per heavy atom. The number of aromatic nitrogens is 1. The molecule has 1 aromatic carbocycles. The number of aromatic carboxylic acids is 1. The Kier molecular flexibility index (Phi) is 3.43. The first-order valence-corrected chi connectivity index (χ1v) is 6.95. The average Bonchev–Trinajstić information content (AvgIpc) is 3.15. The van der Waals surface area contributed by atoms with Gasteiger partial charge in [-0.2, -0.15) is 0 Å². The fourth-order valence-corrected chi connectivity index (χ4v) is 2.48. The van der Waals surface area contributed by atoms with Gasteiger partial charge in [0.15, 0.2) is 0 Å². The lowest BCUT2D eigenvalue weighted by Crippen LogP contribution is -2.16. The molecular weight excluding hydrogens is 292 g/mol. The van der Waals surface area contributed by atoms with Crippen LogP contribution in [0, 0.1) is 0 Å². The van der Waals surface area contributed by atoms with E-state index in [1.54, 1.807) is 6.07 Å². The smallest absolute Gasteiger partial charge is 0.337 e. The normalized spacial score (nSPS) is 14.0. The molecule has 2 N–H and O–H groups in total. The molecule has 108 valence electrons. The molecule has 21 heavy (non-hydrogen) atoms. The topological polar surface area (TPSA) is 71.3 Å². The number of carbonyl (C=O) groups excluding carboxylic acids is 1. The minimum absolute atomic E-state index is 0.0102. The number of amides is 1. The van der Waals surface area contributed by atoms with E-state index in [1.807, 2.05) is 16.8 Å².